The van der Waals surface area contributed by atoms with Crippen LogP contribution in [0.1, 0.15) is 23.2 Å². The van der Waals surface area contributed by atoms with Crippen LogP contribution < -0.4 is 15.8 Å². The number of halogens is 2. The fourth-order valence-corrected chi connectivity index (χ4v) is 2.09. The van der Waals surface area contributed by atoms with Crippen molar-refractivity contribution in [2.75, 3.05) is 19.7 Å². The number of rotatable bonds is 4. The van der Waals surface area contributed by atoms with Gasteiger partial charge < -0.3 is 15.8 Å². The van der Waals surface area contributed by atoms with Crippen molar-refractivity contribution >= 4 is 18.3 Å². The number of benzene rings is 1. The minimum Gasteiger partial charge on any atom is -0.492 e. The maximum absolute atomic E-state index is 13.0. The molecule has 106 valence electrons. The third-order valence-corrected chi connectivity index (χ3v) is 3.08. The molecule has 1 amide bonds. The number of nitrogens with one attached hydrogen (secondary N) is 1. The molecule has 1 saturated heterocycles. The Bertz CT molecular complexity index is 437. The topological polar surface area (TPSA) is 64.4 Å². The van der Waals surface area contributed by atoms with Gasteiger partial charge >= 0.3 is 0 Å². The van der Waals surface area contributed by atoms with Gasteiger partial charge in [-0.25, -0.2) is 4.39 Å². The minimum absolute atomic E-state index is 0. The van der Waals surface area contributed by atoms with Crippen molar-refractivity contribution in [3.63, 3.8) is 0 Å². The normalized spacial score (nSPS) is 18.5. The van der Waals surface area contributed by atoms with Gasteiger partial charge in [0.2, 0.25) is 0 Å². The first-order valence-corrected chi connectivity index (χ1v) is 6.09. The number of amides is 1. The summed E-state index contributed by atoms with van der Waals surface area (Å²) in [4.78, 5) is 11.2. The van der Waals surface area contributed by atoms with Crippen LogP contribution in [0.15, 0.2) is 18.2 Å². The zero-order valence-corrected chi connectivity index (χ0v) is 11.3. The largest absolute Gasteiger partial charge is 0.492 e. The summed E-state index contributed by atoms with van der Waals surface area (Å²) >= 11 is 0. The fourth-order valence-electron chi connectivity index (χ4n) is 2.09. The van der Waals surface area contributed by atoms with E-state index in [-0.39, 0.29) is 18.0 Å². The van der Waals surface area contributed by atoms with E-state index in [9.17, 15) is 9.18 Å². The van der Waals surface area contributed by atoms with Gasteiger partial charge in [-0.05, 0) is 37.6 Å². The van der Waals surface area contributed by atoms with Gasteiger partial charge in [0.15, 0.2) is 0 Å². The van der Waals surface area contributed by atoms with Crippen LogP contribution in [-0.4, -0.2) is 25.6 Å². The minimum atomic E-state index is -0.675. The Kier molecular flexibility index (Phi) is 6.05. The average Bonchev–Trinajstić information content (AvgIpc) is 2.38. The molecule has 0 aliphatic carbocycles. The van der Waals surface area contributed by atoms with Gasteiger partial charge in [-0.15, -0.1) is 12.4 Å². The molecule has 19 heavy (non-hydrogen) atoms. The van der Waals surface area contributed by atoms with Crippen LogP contribution >= 0.6 is 12.4 Å². The molecule has 0 radical (unpaired) electrons. The summed E-state index contributed by atoms with van der Waals surface area (Å²) in [7, 11) is 0. The second-order valence-electron chi connectivity index (χ2n) is 4.53. The molecule has 1 aliphatic heterocycles. The number of piperidine rings is 1. The summed E-state index contributed by atoms with van der Waals surface area (Å²) in [6.07, 6.45) is 2.22. The van der Waals surface area contributed by atoms with Gasteiger partial charge in [0.25, 0.3) is 5.91 Å². The zero-order valence-electron chi connectivity index (χ0n) is 10.5. The highest BCUT2D eigenvalue weighted by molar-refractivity contribution is 5.95. The molecule has 6 heteroatoms. The van der Waals surface area contributed by atoms with Gasteiger partial charge in [-0.2, -0.15) is 0 Å². The molecule has 0 unspecified atom stereocenters. The maximum Gasteiger partial charge on any atom is 0.252 e. The Morgan fingerprint density at radius 3 is 2.95 bits per heavy atom. The number of ether oxygens (including phenoxy) is 1. The first-order chi connectivity index (χ1) is 8.66. The van der Waals surface area contributed by atoms with Crippen molar-refractivity contribution < 1.29 is 13.9 Å². The Balaban J connectivity index is 0.00000180. The molecule has 1 aromatic carbocycles. The Morgan fingerprint density at radius 2 is 2.32 bits per heavy atom. The van der Waals surface area contributed by atoms with E-state index in [1.54, 1.807) is 0 Å². The molecule has 0 aromatic heterocycles. The summed E-state index contributed by atoms with van der Waals surface area (Å²) in [5.74, 6) is -0.388. The van der Waals surface area contributed by atoms with Crippen LogP contribution in [0.25, 0.3) is 0 Å². The lowest BCUT2D eigenvalue weighted by Gasteiger charge is -2.23. The molecular formula is C13H18ClFN2O2. The van der Waals surface area contributed by atoms with Crippen molar-refractivity contribution in [3.8, 4) is 5.75 Å². The lowest BCUT2D eigenvalue weighted by molar-refractivity contribution is 0.0994. The molecule has 1 heterocycles. The third kappa shape index (κ3) is 4.36. The van der Waals surface area contributed by atoms with E-state index in [1.165, 1.54) is 12.1 Å². The van der Waals surface area contributed by atoms with E-state index in [4.69, 9.17) is 10.5 Å². The first-order valence-electron chi connectivity index (χ1n) is 6.09. The number of carbonyl (C=O) groups is 1. The van der Waals surface area contributed by atoms with Gasteiger partial charge in [0.1, 0.15) is 11.6 Å². The van der Waals surface area contributed by atoms with Crippen molar-refractivity contribution in [2.24, 2.45) is 11.7 Å². The Morgan fingerprint density at radius 1 is 1.53 bits per heavy atom. The third-order valence-electron chi connectivity index (χ3n) is 3.08. The maximum atomic E-state index is 13.0. The highest BCUT2D eigenvalue weighted by Crippen LogP contribution is 2.21. The summed E-state index contributed by atoms with van der Waals surface area (Å²) in [5.41, 5.74) is 5.29. The molecule has 0 spiro atoms. The van der Waals surface area contributed by atoms with Crippen molar-refractivity contribution in [3.05, 3.63) is 29.6 Å². The van der Waals surface area contributed by atoms with Crippen LogP contribution in [-0.2, 0) is 0 Å². The van der Waals surface area contributed by atoms with E-state index in [0.29, 0.717) is 18.3 Å². The molecule has 1 aliphatic rings. The predicted octanol–water partition coefficient (Wildman–Crippen LogP) is 1.72. The Labute approximate surface area is 117 Å². The fraction of sp³-hybridized carbons (Fsp3) is 0.462. The smallest absolute Gasteiger partial charge is 0.252 e. The number of carbonyl (C=O) groups excluding carboxylic acids is 1. The summed E-state index contributed by atoms with van der Waals surface area (Å²) in [6, 6.07) is 3.82. The molecule has 1 aromatic rings. The average molecular weight is 289 g/mol. The van der Waals surface area contributed by atoms with Gasteiger partial charge in [-0.3, -0.25) is 4.79 Å². The van der Waals surface area contributed by atoms with Crippen molar-refractivity contribution in [1.82, 2.24) is 5.32 Å². The van der Waals surface area contributed by atoms with Gasteiger partial charge in [0.05, 0.1) is 12.2 Å². The Hall–Kier alpha value is -1.33. The highest BCUT2D eigenvalue weighted by Gasteiger charge is 2.16. The summed E-state index contributed by atoms with van der Waals surface area (Å²) < 4.78 is 18.6. The predicted molar refractivity (Wildman–Crippen MR) is 73.3 cm³/mol. The number of primary amides is 1. The zero-order chi connectivity index (χ0) is 13.0. The first kappa shape index (κ1) is 15.7. The van der Waals surface area contributed by atoms with Crippen LogP contribution in [0.4, 0.5) is 4.39 Å². The quantitative estimate of drug-likeness (QED) is 0.887. The van der Waals surface area contributed by atoms with E-state index < -0.39 is 11.7 Å². The SMILES string of the molecule is Cl.NC(=O)c1cc(F)ccc1OC[C@H]1CCCNC1. The molecule has 3 N–H and O–H groups in total. The van der Waals surface area contributed by atoms with Crippen molar-refractivity contribution in [2.45, 2.75) is 12.8 Å². The molecule has 0 bridgehead atoms. The summed E-state index contributed by atoms with van der Waals surface area (Å²) in [6.45, 7) is 2.46. The highest BCUT2D eigenvalue weighted by atomic mass is 35.5. The lowest BCUT2D eigenvalue weighted by atomic mass is 10.0. The number of hydrogen-bond acceptors (Lipinski definition) is 3. The van der Waals surface area contributed by atoms with Crippen LogP contribution in [0.3, 0.4) is 0 Å². The van der Waals surface area contributed by atoms with E-state index in [0.717, 1.165) is 32.0 Å². The molecule has 1 fully saturated rings. The molecule has 1 atom stereocenters. The van der Waals surface area contributed by atoms with Gasteiger partial charge in [0, 0.05) is 12.5 Å². The van der Waals surface area contributed by atoms with E-state index in [2.05, 4.69) is 5.32 Å². The number of hydrogen-bond donors (Lipinski definition) is 2. The van der Waals surface area contributed by atoms with Crippen molar-refractivity contribution in [1.29, 1.82) is 0 Å². The van der Waals surface area contributed by atoms with Crippen LogP contribution in [0.2, 0.25) is 0 Å². The van der Waals surface area contributed by atoms with Gasteiger partial charge in [-0.1, -0.05) is 0 Å². The molecular weight excluding hydrogens is 271 g/mol. The lowest BCUT2D eigenvalue weighted by Crippen LogP contribution is -2.33. The standard InChI is InChI=1S/C13H17FN2O2.ClH/c14-10-3-4-12(11(6-10)13(15)17)18-8-9-2-1-5-16-7-9;/h3-4,6,9,16H,1-2,5,7-8H2,(H2,15,17);1H/t9-;/m0./s1. The van der Waals surface area contributed by atoms with E-state index >= 15 is 0 Å². The van der Waals surface area contributed by atoms with E-state index in [1.807, 2.05) is 0 Å². The monoisotopic (exact) mass is 288 g/mol. The molecule has 0 saturated carbocycles. The van der Waals surface area contributed by atoms with Crippen LogP contribution in [0.5, 0.6) is 5.75 Å². The summed E-state index contributed by atoms with van der Waals surface area (Å²) in [5, 5.41) is 3.29. The second kappa shape index (κ2) is 7.31. The second-order valence-corrected chi connectivity index (χ2v) is 4.53. The number of nitrogens with two attached hydrogens (primary N) is 1. The van der Waals surface area contributed by atoms with Crippen LogP contribution in [0, 0.1) is 11.7 Å². The molecule has 2 rings (SSSR count). The molecule has 4 nitrogen and oxygen atoms in total.